The molecule has 0 aromatic carbocycles. The lowest BCUT2D eigenvalue weighted by Gasteiger charge is -2.25. The van der Waals surface area contributed by atoms with Crippen LogP contribution in [0.15, 0.2) is 0 Å². The van der Waals surface area contributed by atoms with Crippen molar-refractivity contribution < 1.29 is 14.4 Å². The zero-order valence-electron chi connectivity index (χ0n) is 8.40. The van der Waals surface area contributed by atoms with E-state index in [0.717, 1.165) is 0 Å². The van der Waals surface area contributed by atoms with E-state index in [2.05, 4.69) is 0 Å². The van der Waals surface area contributed by atoms with Crippen LogP contribution in [0, 0.1) is 0 Å². The molecule has 1 aliphatic heterocycles. The van der Waals surface area contributed by atoms with Crippen molar-refractivity contribution in [2.24, 2.45) is 0 Å². The smallest absolute Gasteiger partial charge is 0.232 e. The normalized spacial score (nSPS) is 23.7. The molecule has 1 atom stereocenters. The van der Waals surface area contributed by atoms with E-state index in [1.165, 1.54) is 9.80 Å². The van der Waals surface area contributed by atoms with Crippen LogP contribution in [-0.2, 0) is 14.4 Å². The van der Waals surface area contributed by atoms with Crippen molar-refractivity contribution >= 4 is 18.1 Å². The minimum absolute atomic E-state index is 0.0706. The molecule has 14 heavy (non-hydrogen) atoms. The van der Waals surface area contributed by atoms with E-state index >= 15 is 0 Å². The van der Waals surface area contributed by atoms with E-state index in [1.54, 1.807) is 7.05 Å². The number of hydrogen-bond donors (Lipinski definition) is 0. The van der Waals surface area contributed by atoms with Gasteiger partial charge in [0.1, 0.15) is 12.7 Å². The highest BCUT2D eigenvalue weighted by molar-refractivity contribution is 5.98. The monoisotopic (exact) mass is 198 g/mol. The summed E-state index contributed by atoms with van der Waals surface area (Å²) in [5.74, 6) is -0.450. The lowest BCUT2D eigenvalue weighted by molar-refractivity contribution is -0.138. The Morgan fingerprint density at radius 2 is 2.07 bits per heavy atom. The quantitative estimate of drug-likeness (QED) is 0.434. The number of carbonyl (C=O) groups is 3. The lowest BCUT2D eigenvalue weighted by atomic mass is 10.2. The molecule has 0 aromatic heterocycles. The molecule has 0 saturated carbocycles. The van der Waals surface area contributed by atoms with Gasteiger partial charge in [0, 0.05) is 19.6 Å². The first-order valence-electron chi connectivity index (χ1n) is 4.53. The second-order valence-electron chi connectivity index (χ2n) is 3.51. The van der Waals surface area contributed by atoms with Gasteiger partial charge in [0.2, 0.25) is 11.8 Å². The minimum Gasteiger partial charge on any atom is -0.343 e. The molecule has 0 aromatic rings. The molecule has 78 valence electrons. The highest BCUT2D eigenvalue weighted by Crippen LogP contribution is 2.09. The first-order chi connectivity index (χ1) is 6.56. The Balaban J connectivity index is 2.80. The van der Waals surface area contributed by atoms with E-state index in [0.29, 0.717) is 12.8 Å². The van der Waals surface area contributed by atoms with Gasteiger partial charge in [-0.2, -0.15) is 0 Å². The van der Waals surface area contributed by atoms with Crippen molar-refractivity contribution in [2.75, 3.05) is 20.1 Å². The summed E-state index contributed by atoms with van der Waals surface area (Å²) >= 11 is 0. The SMILES string of the molecule is CC1CN(C)C(=O)CC(=O)N1CC=O. The first kappa shape index (κ1) is 10.7. The summed E-state index contributed by atoms with van der Waals surface area (Å²) in [7, 11) is 1.66. The van der Waals surface area contributed by atoms with Gasteiger partial charge in [-0.1, -0.05) is 0 Å². The number of carbonyl (C=O) groups excluding carboxylic acids is 3. The average Bonchev–Trinajstić information content (AvgIpc) is 2.19. The van der Waals surface area contributed by atoms with Gasteiger partial charge in [0.05, 0.1) is 6.54 Å². The van der Waals surface area contributed by atoms with Gasteiger partial charge in [0.25, 0.3) is 0 Å². The fourth-order valence-electron chi connectivity index (χ4n) is 1.57. The maximum absolute atomic E-state index is 11.5. The Labute approximate surface area is 82.7 Å². The Kier molecular flexibility index (Phi) is 3.22. The van der Waals surface area contributed by atoms with E-state index in [4.69, 9.17) is 0 Å². The highest BCUT2D eigenvalue weighted by Gasteiger charge is 2.28. The Hall–Kier alpha value is -1.39. The van der Waals surface area contributed by atoms with E-state index in [9.17, 15) is 14.4 Å². The number of likely N-dealkylation sites (N-methyl/N-ethyl adjacent to an activating group) is 1. The van der Waals surface area contributed by atoms with Crippen LogP contribution in [0.5, 0.6) is 0 Å². The number of rotatable bonds is 2. The van der Waals surface area contributed by atoms with Gasteiger partial charge >= 0.3 is 0 Å². The fourth-order valence-corrected chi connectivity index (χ4v) is 1.57. The second-order valence-corrected chi connectivity index (χ2v) is 3.51. The first-order valence-corrected chi connectivity index (χ1v) is 4.53. The minimum atomic E-state index is -0.265. The molecule has 5 nitrogen and oxygen atoms in total. The van der Waals surface area contributed by atoms with Gasteiger partial charge in [-0.25, -0.2) is 0 Å². The number of amides is 2. The zero-order chi connectivity index (χ0) is 10.7. The van der Waals surface area contributed by atoms with Crippen LogP contribution in [-0.4, -0.2) is 54.1 Å². The van der Waals surface area contributed by atoms with Crippen molar-refractivity contribution in [3.63, 3.8) is 0 Å². The summed E-state index contributed by atoms with van der Waals surface area (Å²) < 4.78 is 0. The van der Waals surface area contributed by atoms with Crippen molar-refractivity contribution in [1.29, 1.82) is 0 Å². The summed E-state index contributed by atoms with van der Waals surface area (Å²) in [6.45, 7) is 2.38. The Morgan fingerprint density at radius 3 is 2.64 bits per heavy atom. The number of aldehydes is 1. The molecule has 0 N–H and O–H groups in total. The van der Waals surface area contributed by atoms with Gasteiger partial charge in [0.15, 0.2) is 0 Å². The summed E-state index contributed by atoms with van der Waals surface area (Å²) in [5, 5.41) is 0. The van der Waals surface area contributed by atoms with E-state index in [1.807, 2.05) is 6.92 Å². The van der Waals surface area contributed by atoms with E-state index in [-0.39, 0.29) is 30.8 Å². The van der Waals surface area contributed by atoms with Crippen LogP contribution >= 0.6 is 0 Å². The molecule has 0 bridgehead atoms. The standard InChI is InChI=1S/C9H14N2O3/c1-7-6-10(2)8(13)5-9(14)11(7)3-4-12/h4,7H,3,5-6H2,1-2H3. The number of nitrogens with zero attached hydrogens (tertiary/aromatic N) is 2. The molecule has 1 rings (SSSR count). The maximum atomic E-state index is 11.5. The van der Waals surface area contributed by atoms with Gasteiger partial charge in [-0.05, 0) is 6.92 Å². The van der Waals surface area contributed by atoms with Crippen LogP contribution in [0.3, 0.4) is 0 Å². The number of hydrogen-bond acceptors (Lipinski definition) is 3. The van der Waals surface area contributed by atoms with Crippen LogP contribution in [0.2, 0.25) is 0 Å². The van der Waals surface area contributed by atoms with Crippen LogP contribution < -0.4 is 0 Å². The molecular weight excluding hydrogens is 184 g/mol. The topological polar surface area (TPSA) is 57.7 Å². The van der Waals surface area contributed by atoms with Crippen LogP contribution in [0.25, 0.3) is 0 Å². The molecule has 0 aliphatic carbocycles. The molecule has 5 heteroatoms. The third-order valence-electron chi connectivity index (χ3n) is 2.39. The predicted octanol–water partition coefficient (Wildman–Crippen LogP) is -0.735. The Morgan fingerprint density at radius 1 is 1.43 bits per heavy atom. The van der Waals surface area contributed by atoms with E-state index < -0.39 is 0 Å². The van der Waals surface area contributed by atoms with Crippen molar-refractivity contribution in [1.82, 2.24) is 9.80 Å². The summed E-state index contributed by atoms with van der Waals surface area (Å²) in [5.41, 5.74) is 0. The molecule has 1 heterocycles. The molecule has 2 amide bonds. The third-order valence-corrected chi connectivity index (χ3v) is 2.39. The lowest BCUT2D eigenvalue weighted by Crippen LogP contribution is -2.41. The van der Waals surface area contributed by atoms with Crippen LogP contribution in [0.1, 0.15) is 13.3 Å². The third kappa shape index (κ3) is 2.10. The summed E-state index contributed by atoms with van der Waals surface area (Å²) in [6, 6.07) is -0.0934. The summed E-state index contributed by atoms with van der Waals surface area (Å²) in [6.07, 6.45) is 0.554. The van der Waals surface area contributed by atoms with Gasteiger partial charge in [-0.3, -0.25) is 9.59 Å². The molecule has 1 fully saturated rings. The van der Waals surface area contributed by atoms with Gasteiger partial charge < -0.3 is 14.6 Å². The molecule has 1 aliphatic rings. The summed E-state index contributed by atoms with van der Waals surface area (Å²) in [4.78, 5) is 36.1. The molecule has 0 radical (unpaired) electrons. The fraction of sp³-hybridized carbons (Fsp3) is 0.667. The van der Waals surface area contributed by atoms with Crippen LogP contribution in [0.4, 0.5) is 0 Å². The van der Waals surface area contributed by atoms with Gasteiger partial charge in [-0.15, -0.1) is 0 Å². The highest BCUT2D eigenvalue weighted by atomic mass is 16.2. The predicted molar refractivity (Wildman–Crippen MR) is 49.5 cm³/mol. The van der Waals surface area contributed by atoms with Crippen molar-refractivity contribution in [3.05, 3.63) is 0 Å². The largest absolute Gasteiger partial charge is 0.343 e. The molecule has 1 saturated heterocycles. The maximum Gasteiger partial charge on any atom is 0.232 e. The Bertz CT molecular complexity index is 265. The molecule has 0 spiro atoms. The zero-order valence-corrected chi connectivity index (χ0v) is 8.40. The van der Waals surface area contributed by atoms with Crippen molar-refractivity contribution in [3.8, 4) is 0 Å². The average molecular weight is 198 g/mol. The molecular formula is C9H14N2O3. The molecule has 1 unspecified atom stereocenters. The second kappa shape index (κ2) is 4.21. The van der Waals surface area contributed by atoms with Crippen molar-refractivity contribution in [2.45, 2.75) is 19.4 Å².